The van der Waals surface area contributed by atoms with Gasteiger partial charge in [-0.3, -0.25) is 4.90 Å². The number of benzene rings is 2. The minimum Gasteiger partial charge on any atom is -0.457 e. The Bertz CT molecular complexity index is 653. The van der Waals surface area contributed by atoms with E-state index in [0.29, 0.717) is 6.42 Å². The zero-order valence-corrected chi connectivity index (χ0v) is 15.6. The average Bonchev–Trinajstić information content (AvgIpc) is 2.62. The van der Waals surface area contributed by atoms with Gasteiger partial charge in [-0.1, -0.05) is 30.3 Å². The molecule has 0 bridgehead atoms. The first kappa shape index (κ1) is 21.3. The van der Waals surface area contributed by atoms with Gasteiger partial charge in [0.1, 0.15) is 11.5 Å². The molecule has 1 aliphatic rings. The molecule has 6 heteroatoms. The number of piperazine rings is 1. The van der Waals surface area contributed by atoms with Crippen LogP contribution in [0.3, 0.4) is 0 Å². The van der Waals surface area contributed by atoms with Crippen molar-refractivity contribution in [3.05, 3.63) is 60.2 Å². The van der Waals surface area contributed by atoms with E-state index in [0.717, 1.165) is 37.7 Å². The lowest BCUT2D eigenvalue weighted by atomic mass is 10.0. The van der Waals surface area contributed by atoms with Crippen molar-refractivity contribution >= 4 is 24.8 Å². The molecular weight excluding hydrogens is 357 g/mol. The largest absolute Gasteiger partial charge is 0.457 e. The molecule has 0 saturated carbocycles. The summed E-state index contributed by atoms with van der Waals surface area (Å²) in [7, 11) is 0. The first-order chi connectivity index (χ1) is 11.4. The van der Waals surface area contributed by atoms with E-state index in [4.69, 9.17) is 10.00 Å². The molecule has 25 heavy (non-hydrogen) atoms. The Labute approximate surface area is 161 Å². The first-order valence-corrected chi connectivity index (χ1v) is 8.01. The Kier molecular flexibility index (Phi) is 9.33. The van der Waals surface area contributed by atoms with Crippen molar-refractivity contribution in [2.75, 3.05) is 26.2 Å². The van der Waals surface area contributed by atoms with Crippen molar-refractivity contribution in [3.63, 3.8) is 0 Å². The number of hydrogen-bond acceptors (Lipinski definition) is 4. The molecule has 0 aliphatic carbocycles. The van der Waals surface area contributed by atoms with Crippen LogP contribution in [0.15, 0.2) is 54.6 Å². The van der Waals surface area contributed by atoms with Crippen LogP contribution < -0.4 is 10.1 Å². The van der Waals surface area contributed by atoms with Crippen molar-refractivity contribution in [2.45, 2.75) is 12.5 Å². The van der Waals surface area contributed by atoms with E-state index in [9.17, 15) is 0 Å². The van der Waals surface area contributed by atoms with Gasteiger partial charge in [0.2, 0.25) is 0 Å². The molecule has 1 N–H and O–H groups in total. The maximum absolute atomic E-state index is 9.16. The molecule has 4 nitrogen and oxygen atoms in total. The highest BCUT2D eigenvalue weighted by molar-refractivity contribution is 5.85. The Morgan fingerprint density at radius 3 is 2.16 bits per heavy atom. The second-order valence-electron chi connectivity index (χ2n) is 5.65. The topological polar surface area (TPSA) is 48.3 Å². The maximum atomic E-state index is 9.16. The van der Waals surface area contributed by atoms with Gasteiger partial charge in [0.05, 0.1) is 12.5 Å². The molecule has 0 radical (unpaired) electrons. The molecule has 1 heterocycles. The van der Waals surface area contributed by atoms with Crippen LogP contribution in [0.5, 0.6) is 11.5 Å². The molecule has 0 amide bonds. The molecule has 3 rings (SSSR count). The Balaban J connectivity index is 0.00000156. The fraction of sp³-hybridized carbons (Fsp3) is 0.316. The number of ether oxygens (including phenoxy) is 1. The summed E-state index contributed by atoms with van der Waals surface area (Å²) in [5.41, 5.74) is 1.17. The predicted molar refractivity (Wildman–Crippen MR) is 105 cm³/mol. The molecule has 2 aromatic rings. The van der Waals surface area contributed by atoms with Crippen LogP contribution in [0, 0.1) is 11.3 Å². The van der Waals surface area contributed by atoms with Gasteiger partial charge >= 0.3 is 0 Å². The van der Waals surface area contributed by atoms with Crippen LogP contribution in [0.1, 0.15) is 18.0 Å². The molecule has 2 aromatic carbocycles. The minimum absolute atomic E-state index is 0. The quantitative estimate of drug-likeness (QED) is 0.845. The summed E-state index contributed by atoms with van der Waals surface area (Å²) in [6.07, 6.45) is 0.513. The second kappa shape index (κ2) is 11.0. The molecule has 134 valence electrons. The summed E-state index contributed by atoms with van der Waals surface area (Å²) in [5.74, 6) is 1.65. The second-order valence-corrected chi connectivity index (χ2v) is 5.65. The van der Waals surface area contributed by atoms with Gasteiger partial charge in [0.15, 0.2) is 0 Å². The van der Waals surface area contributed by atoms with Crippen molar-refractivity contribution < 1.29 is 4.74 Å². The molecule has 0 unspecified atom stereocenters. The summed E-state index contributed by atoms with van der Waals surface area (Å²) >= 11 is 0. The normalized spacial score (nSPS) is 15.2. The maximum Gasteiger partial charge on any atom is 0.127 e. The van der Waals surface area contributed by atoms with Crippen molar-refractivity contribution in [1.29, 1.82) is 5.26 Å². The number of nitriles is 1. The lowest BCUT2D eigenvalue weighted by Crippen LogP contribution is -2.45. The summed E-state index contributed by atoms with van der Waals surface area (Å²) < 4.78 is 5.83. The van der Waals surface area contributed by atoms with E-state index in [1.807, 2.05) is 42.5 Å². The van der Waals surface area contributed by atoms with Crippen LogP contribution >= 0.6 is 24.8 Å². The van der Waals surface area contributed by atoms with E-state index < -0.39 is 0 Å². The SMILES string of the molecule is Cl.Cl.N#CC[C@H](c1ccc(Oc2ccccc2)cc1)N1CCNCC1. The molecule has 0 aromatic heterocycles. The molecule has 1 fully saturated rings. The van der Waals surface area contributed by atoms with E-state index in [1.165, 1.54) is 5.56 Å². The highest BCUT2D eigenvalue weighted by Crippen LogP contribution is 2.28. The van der Waals surface area contributed by atoms with Crippen LogP contribution in [0.2, 0.25) is 0 Å². The Morgan fingerprint density at radius 2 is 1.56 bits per heavy atom. The number of halogens is 2. The van der Waals surface area contributed by atoms with E-state index >= 15 is 0 Å². The van der Waals surface area contributed by atoms with E-state index in [1.54, 1.807) is 0 Å². The average molecular weight is 380 g/mol. The number of nitrogens with zero attached hydrogens (tertiary/aromatic N) is 2. The Morgan fingerprint density at radius 1 is 0.960 bits per heavy atom. The van der Waals surface area contributed by atoms with E-state index in [2.05, 4.69) is 28.4 Å². The minimum atomic E-state index is 0. The van der Waals surface area contributed by atoms with Crippen LogP contribution in [0.4, 0.5) is 0 Å². The van der Waals surface area contributed by atoms with Crippen LogP contribution in [0.25, 0.3) is 0 Å². The molecule has 1 atom stereocenters. The first-order valence-electron chi connectivity index (χ1n) is 8.01. The standard InChI is InChI=1S/C19H21N3O.2ClH/c20-11-10-19(22-14-12-21-13-15-22)16-6-8-18(9-7-16)23-17-4-2-1-3-5-17;;/h1-9,19,21H,10,12-15H2;2*1H/t19-;;/m1../s1. The van der Waals surface area contributed by atoms with Crippen molar-refractivity contribution in [1.82, 2.24) is 10.2 Å². The fourth-order valence-corrected chi connectivity index (χ4v) is 2.92. The molecule has 0 spiro atoms. The van der Waals surface area contributed by atoms with Gasteiger partial charge in [0, 0.05) is 32.2 Å². The van der Waals surface area contributed by atoms with Gasteiger partial charge in [-0.05, 0) is 29.8 Å². The van der Waals surface area contributed by atoms with E-state index in [-0.39, 0.29) is 30.9 Å². The van der Waals surface area contributed by atoms with Crippen LogP contribution in [-0.2, 0) is 0 Å². The predicted octanol–water partition coefficient (Wildman–Crippen LogP) is 4.18. The fourth-order valence-electron chi connectivity index (χ4n) is 2.92. The molecular formula is C19H23Cl2N3O. The highest BCUT2D eigenvalue weighted by atomic mass is 35.5. The van der Waals surface area contributed by atoms with Gasteiger partial charge in [0.25, 0.3) is 0 Å². The summed E-state index contributed by atoms with van der Waals surface area (Å²) in [5, 5.41) is 12.5. The third-order valence-corrected chi connectivity index (χ3v) is 4.12. The number of para-hydroxylation sites is 1. The zero-order chi connectivity index (χ0) is 15.9. The number of hydrogen-bond donors (Lipinski definition) is 1. The van der Waals surface area contributed by atoms with Crippen molar-refractivity contribution in [2.24, 2.45) is 0 Å². The third kappa shape index (κ3) is 5.91. The Hall–Kier alpha value is -1.77. The van der Waals surface area contributed by atoms with Gasteiger partial charge in [-0.25, -0.2) is 0 Å². The highest BCUT2D eigenvalue weighted by Gasteiger charge is 2.21. The van der Waals surface area contributed by atoms with Gasteiger partial charge in [-0.15, -0.1) is 24.8 Å². The lowest BCUT2D eigenvalue weighted by molar-refractivity contribution is 0.175. The summed E-state index contributed by atoms with van der Waals surface area (Å²) in [6.45, 7) is 3.93. The smallest absolute Gasteiger partial charge is 0.127 e. The lowest BCUT2D eigenvalue weighted by Gasteiger charge is -2.34. The third-order valence-electron chi connectivity index (χ3n) is 4.12. The zero-order valence-electron chi connectivity index (χ0n) is 13.9. The summed E-state index contributed by atoms with van der Waals surface area (Å²) in [4.78, 5) is 2.38. The van der Waals surface area contributed by atoms with Crippen molar-refractivity contribution in [3.8, 4) is 17.6 Å². The van der Waals surface area contributed by atoms with Gasteiger partial charge in [-0.2, -0.15) is 5.26 Å². The number of nitrogens with one attached hydrogen (secondary N) is 1. The van der Waals surface area contributed by atoms with Gasteiger partial charge < -0.3 is 10.1 Å². The molecule has 1 saturated heterocycles. The van der Waals surface area contributed by atoms with Crippen LogP contribution in [-0.4, -0.2) is 31.1 Å². The number of rotatable bonds is 5. The summed E-state index contributed by atoms with van der Waals surface area (Å²) in [6, 6.07) is 20.3. The monoisotopic (exact) mass is 379 g/mol. The molecule has 1 aliphatic heterocycles.